The molecule has 9 nitrogen and oxygen atoms in total. The summed E-state index contributed by atoms with van der Waals surface area (Å²) in [5, 5.41) is 27.7. The van der Waals surface area contributed by atoms with Crippen molar-refractivity contribution in [3.63, 3.8) is 0 Å². The first-order chi connectivity index (χ1) is 34.9. The van der Waals surface area contributed by atoms with E-state index in [0.29, 0.717) is 17.3 Å². The minimum Gasteiger partial charge on any atom is -0.479 e. The molecule has 0 amide bonds. The number of aliphatic carboxylic acids is 3. The van der Waals surface area contributed by atoms with Crippen molar-refractivity contribution in [2.75, 3.05) is 17.3 Å². The Kier molecular flexibility index (Phi) is 23.4. The van der Waals surface area contributed by atoms with Gasteiger partial charge in [-0.1, -0.05) is 54.6 Å². The van der Waals surface area contributed by atoms with Crippen molar-refractivity contribution in [2.24, 2.45) is 0 Å². The second-order valence-electron chi connectivity index (χ2n) is 15.7. The van der Waals surface area contributed by atoms with Crippen molar-refractivity contribution in [1.82, 2.24) is 0 Å². The topological polar surface area (TPSA) is 140 Å². The third kappa shape index (κ3) is 21.2. The Bertz CT molecular complexity index is 2550. The first kappa shape index (κ1) is 60.1. The quantitative estimate of drug-likeness (QED) is 0.0467. The van der Waals surface area contributed by atoms with Crippen LogP contribution in [0.15, 0.2) is 166 Å². The van der Waals surface area contributed by atoms with Gasteiger partial charge in [-0.05, 0) is 122 Å². The van der Waals surface area contributed by atoms with E-state index in [-0.39, 0.29) is 36.5 Å². The van der Waals surface area contributed by atoms with Crippen LogP contribution in [-0.2, 0) is 32.9 Å². The van der Waals surface area contributed by atoms with Crippen LogP contribution in [0.3, 0.4) is 0 Å². The number of hydrogen-bond donors (Lipinski definition) is 3. The number of benzene rings is 6. The fourth-order valence-electron chi connectivity index (χ4n) is 6.15. The minimum atomic E-state index is -4.44. The van der Waals surface area contributed by atoms with E-state index in [0.717, 1.165) is 98.6 Å². The summed E-state index contributed by atoms with van der Waals surface area (Å²) in [6.07, 6.45) is -16.0. The average molecular weight is 1100 g/mol. The van der Waals surface area contributed by atoms with Gasteiger partial charge in [0, 0.05) is 51.2 Å². The van der Waals surface area contributed by atoms with Crippen LogP contribution in [0.25, 0.3) is 0 Å². The first-order valence-electron chi connectivity index (χ1n) is 22.2. The molecule has 0 fully saturated rings. The van der Waals surface area contributed by atoms with Gasteiger partial charge in [0.25, 0.3) is 0 Å². The molecule has 6 rings (SSSR count). The summed E-state index contributed by atoms with van der Waals surface area (Å²) < 4.78 is 129. The number of aryl methyl sites for hydroxylation is 2. The Morgan fingerprint density at radius 3 is 0.946 bits per heavy atom. The number of hydrogen-bond acceptors (Lipinski definition) is 9. The normalized spacial score (nSPS) is 12.6. The number of rotatable bonds is 21. The highest BCUT2D eigenvalue weighted by atomic mass is 32.2. The van der Waals surface area contributed by atoms with E-state index in [9.17, 15) is 69.2 Å². The van der Waals surface area contributed by atoms with Crippen molar-refractivity contribution in [3.05, 3.63) is 179 Å². The molecule has 6 aromatic rings. The minimum absolute atomic E-state index is 0.0973. The molecule has 0 aliphatic carbocycles. The van der Waals surface area contributed by atoms with Gasteiger partial charge in [0.05, 0.1) is 16.7 Å². The van der Waals surface area contributed by atoms with E-state index >= 15 is 0 Å². The highest BCUT2D eigenvalue weighted by Crippen LogP contribution is 2.34. The maximum absolute atomic E-state index is 12.5. The maximum Gasteiger partial charge on any atom is 0.416 e. The lowest BCUT2D eigenvalue weighted by Gasteiger charge is -2.16. The van der Waals surface area contributed by atoms with E-state index in [1.807, 2.05) is 92.7 Å². The predicted octanol–water partition coefficient (Wildman–Crippen LogP) is 14.8. The molecule has 0 aliphatic rings. The van der Waals surface area contributed by atoms with Gasteiger partial charge in [-0.2, -0.15) is 39.5 Å². The molecule has 0 spiro atoms. The van der Waals surface area contributed by atoms with Crippen LogP contribution in [-0.4, -0.2) is 68.8 Å². The van der Waals surface area contributed by atoms with Crippen LogP contribution < -0.4 is 14.2 Å². The van der Waals surface area contributed by atoms with Crippen LogP contribution in [0, 0.1) is 13.8 Å². The molecule has 396 valence electrons. The van der Waals surface area contributed by atoms with Gasteiger partial charge >= 0.3 is 36.4 Å². The van der Waals surface area contributed by atoms with Gasteiger partial charge in [-0.3, -0.25) is 0 Å². The number of carbonyl (C=O) groups is 3. The molecule has 0 saturated heterocycles. The Hall–Kier alpha value is -6.45. The fourth-order valence-corrected chi connectivity index (χ4v) is 9.11. The summed E-state index contributed by atoms with van der Waals surface area (Å²) in [5.74, 6) is -1.60. The van der Waals surface area contributed by atoms with Crippen LogP contribution >= 0.6 is 35.3 Å². The van der Waals surface area contributed by atoms with Gasteiger partial charge in [0.2, 0.25) is 0 Å². The summed E-state index contributed by atoms with van der Waals surface area (Å²) in [4.78, 5) is 37.0. The molecule has 21 heteroatoms. The Labute approximate surface area is 433 Å². The third-order valence-electron chi connectivity index (χ3n) is 10.1. The van der Waals surface area contributed by atoms with Crippen LogP contribution in [0.5, 0.6) is 17.2 Å². The van der Waals surface area contributed by atoms with Crippen LogP contribution in [0.1, 0.15) is 47.1 Å². The van der Waals surface area contributed by atoms with E-state index in [2.05, 4.69) is 0 Å². The number of ether oxygens (including phenoxy) is 3. The molecule has 0 saturated carbocycles. The van der Waals surface area contributed by atoms with Gasteiger partial charge in [0.15, 0.2) is 18.3 Å². The summed E-state index contributed by atoms with van der Waals surface area (Å²) >= 11 is 4.52. The average Bonchev–Trinajstić information content (AvgIpc) is 3.34. The lowest BCUT2D eigenvalue weighted by atomic mass is 10.2. The zero-order valence-corrected chi connectivity index (χ0v) is 41.8. The van der Waals surface area contributed by atoms with E-state index in [1.165, 1.54) is 35.3 Å². The standard InChI is InChI=1S/2C18H17F3O3S.C17H15F3O3S/c2*1-12-4-2-3-5-16(12)25-11-10-15(17(22)23)24-14-8-6-13(7-9-14)18(19,20)21;18-17(19,20)12-6-8-13(9-7-12)23-15(16(21)22)10-11-24-14-4-2-1-3-5-14/h2*2-9,15H,10-11H2,1H3,(H,22,23);1-9,15H,10-11H2,(H,21,22)/t2*15-;/m10./s1. The van der Waals surface area contributed by atoms with Crippen molar-refractivity contribution >= 4 is 53.2 Å². The molecular formula is C53H49F9O9S3. The zero-order chi connectivity index (χ0) is 54.5. The second kappa shape index (κ2) is 28.9. The lowest BCUT2D eigenvalue weighted by molar-refractivity contribution is -0.146. The SMILES string of the molecule is Cc1ccccc1SCC[C@@H](Oc1ccc(C(F)(F)F)cc1)C(=O)O.Cc1ccccc1SCC[C@H](Oc1ccc(C(F)(F)F)cc1)C(=O)O.O=C(O)C(CCSc1ccccc1)Oc1ccc(C(F)(F)F)cc1. The second-order valence-corrected chi connectivity index (χ2v) is 19.1. The van der Waals surface area contributed by atoms with E-state index in [1.54, 1.807) is 0 Å². The third-order valence-corrected chi connectivity index (χ3v) is 13.5. The molecule has 3 atom stereocenters. The van der Waals surface area contributed by atoms with Crippen molar-refractivity contribution in [2.45, 2.75) is 84.6 Å². The Balaban J connectivity index is 0.000000240. The van der Waals surface area contributed by atoms with Crippen molar-refractivity contribution in [1.29, 1.82) is 0 Å². The monoisotopic (exact) mass is 1100 g/mol. The molecule has 1 unspecified atom stereocenters. The van der Waals surface area contributed by atoms with Crippen LogP contribution in [0.2, 0.25) is 0 Å². The van der Waals surface area contributed by atoms with E-state index < -0.39 is 71.4 Å². The van der Waals surface area contributed by atoms with Crippen molar-refractivity contribution in [3.8, 4) is 17.2 Å². The Morgan fingerprint density at radius 1 is 0.405 bits per heavy atom. The largest absolute Gasteiger partial charge is 0.479 e. The maximum atomic E-state index is 12.5. The highest BCUT2D eigenvalue weighted by Gasteiger charge is 2.32. The molecule has 0 bridgehead atoms. The number of alkyl halides is 9. The van der Waals surface area contributed by atoms with E-state index in [4.69, 9.17) is 14.2 Å². The number of thioether (sulfide) groups is 3. The molecule has 0 heterocycles. The smallest absolute Gasteiger partial charge is 0.416 e. The molecular weight excluding hydrogens is 1050 g/mol. The van der Waals surface area contributed by atoms with Gasteiger partial charge in [-0.25, -0.2) is 14.4 Å². The van der Waals surface area contributed by atoms with Gasteiger partial charge in [0.1, 0.15) is 17.2 Å². The number of halogens is 9. The molecule has 0 aromatic heterocycles. The summed E-state index contributed by atoms with van der Waals surface area (Å²) in [6, 6.07) is 37.0. The van der Waals surface area contributed by atoms with Crippen molar-refractivity contribution < 1.29 is 83.4 Å². The lowest BCUT2D eigenvalue weighted by Crippen LogP contribution is -2.27. The summed E-state index contributed by atoms with van der Waals surface area (Å²) in [7, 11) is 0. The van der Waals surface area contributed by atoms with Crippen LogP contribution in [0.4, 0.5) is 39.5 Å². The summed E-state index contributed by atoms with van der Waals surface area (Å²) in [5.41, 5.74) is -0.212. The Morgan fingerprint density at radius 2 is 0.676 bits per heavy atom. The summed E-state index contributed by atoms with van der Waals surface area (Å²) in [6.45, 7) is 3.94. The highest BCUT2D eigenvalue weighted by molar-refractivity contribution is 7.99. The molecule has 6 aromatic carbocycles. The number of carboxylic acids is 3. The fraction of sp³-hybridized carbons (Fsp3) is 0.264. The molecule has 3 N–H and O–H groups in total. The van der Waals surface area contributed by atoms with Gasteiger partial charge < -0.3 is 29.5 Å². The van der Waals surface area contributed by atoms with Gasteiger partial charge in [-0.15, -0.1) is 35.3 Å². The predicted molar refractivity (Wildman–Crippen MR) is 265 cm³/mol. The first-order valence-corrected chi connectivity index (χ1v) is 25.1. The zero-order valence-electron chi connectivity index (χ0n) is 39.3. The number of carboxylic acid groups (broad SMARTS) is 3. The molecule has 0 radical (unpaired) electrons. The molecule has 74 heavy (non-hydrogen) atoms. The molecule has 0 aliphatic heterocycles.